The molecule has 1 aromatic rings. The second-order valence-electron chi connectivity index (χ2n) is 7.72. The number of carbonyl (C=O) groups is 2. The molecule has 1 aromatic carbocycles. The van der Waals surface area contributed by atoms with Crippen LogP contribution >= 0.6 is 0 Å². The van der Waals surface area contributed by atoms with Crippen LogP contribution in [-0.2, 0) is 22.6 Å². The largest absolute Gasteiger partial charge is 0.354 e. The van der Waals surface area contributed by atoms with Gasteiger partial charge in [-0.25, -0.2) is 0 Å². The van der Waals surface area contributed by atoms with E-state index in [0.717, 1.165) is 37.9 Å². The molecule has 0 bridgehead atoms. The Bertz CT molecular complexity index is 640. The second kappa shape index (κ2) is 8.67. The van der Waals surface area contributed by atoms with E-state index in [1.165, 1.54) is 5.56 Å². The molecule has 2 heterocycles. The van der Waals surface area contributed by atoms with Crippen LogP contribution in [0, 0.1) is 11.8 Å². The molecule has 3 atom stereocenters. The third kappa shape index (κ3) is 4.26. The Morgan fingerprint density at radius 3 is 2.77 bits per heavy atom. The Labute approximate surface area is 156 Å². The number of piperidine rings is 1. The molecule has 26 heavy (non-hydrogen) atoms. The lowest BCUT2D eigenvalue weighted by Gasteiger charge is -2.37. The zero-order valence-corrected chi connectivity index (χ0v) is 16.0. The second-order valence-corrected chi connectivity index (χ2v) is 7.72. The number of hydrogen-bond donors (Lipinski definition) is 2. The summed E-state index contributed by atoms with van der Waals surface area (Å²) in [5.41, 5.74) is 2.34. The van der Waals surface area contributed by atoms with Crippen LogP contribution in [0.4, 0.5) is 0 Å². The van der Waals surface area contributed by atoms with Gasteiger partial charge in [0.05, 0.1) is 0 Å². The monoisotopic (exact) mass is 357 g/mol. The number of nitrogens with one attached hydrogen (secondary N) is 2. The number of fused-ring (bicyclic) bond motifs is 1. The zero-order chi connectivity index (χ0) is 18.5. The first-order chi connectivity index (χ1) is 12.6. The molecule has 5 heteroatoms. The summed E-state index contributed by atoms with van der Waals surface area (Å²) >= 11 is 0. The van der Waals surface area contributed by atoms with Gasteiger partial charge in [0.1, 0.15) is 6.04 Å². The van der Waals surface area contributed by atoms with Crippen molar-refractivity contribution in [1.82, 2.24) is 15.5 Å². The summed E-state index contributed by atoms with van der Waals surface area (Å²) in [6.45, 7) is 7.22. The summed E-state index contributed by atoms with van der Waals surface area (Å²) in [7, 11) is 0. The minimum atomic E-state index is -0.400. The van der Waals surface area contributed by atoms with Gasteiger partial charge < -0.3 is 15.5 Å². The molecule has 1 saturated heterocycles. The average Bonchev–Trinajstić information content (AvgIpc) is 2.70. The third-order valence-electron chi connectivity index (χ3n) is 5.83. The minimum Gasteiger partial charge on any atom is -0.354 e. The molecule has 3 unspecified atom stereocenters. The van der Waals surface area contributed by atoms with Crippen LogP contribution in [0.25, 0.3) is 0 Å². The van der Waals surface area contributed by atoms with E-state index in [-0.39, 0.29) is 17.7 Å². The molecule has 3 rings (SSSR count). The lowest BCUT2D eigenvalue weighted by atomic mass is 9.91. The predicted octanol–water partition coefficient (Wildman–Crippen LogP) is 2.10. The first kappa shape index (κ1) is 18.9. The van der Waals surface area contributed by atoms with Gasteiger partial charge in [-0.1, -0.05) is 38.1 Å². The fourth-order valence-corrected chi connectivity index (χ4v) is 3.91. The molecule has 1 fully saturated rings. The predicted molar refractivity (Wildman–Crippen MR) is 103 cm³/mol. The Hall–Kier alpha value is -1.88. The number of carbonyl (C=O) groups excluding carboxylic acids is 2. The van der Waals surface area contributed by atoms with Crippen molar-refractivity contribution in [3.8, 4) is 0 Å². The van der Waals surface area contributed by atoms with Crippen molar-refractivity contribution in [1.29, 1.82) is 0 Å². The highest BCUT2D eigenvalue weighted by Gasteiger charge is 2.35. The van der Waals surface area contributed by atoms with Gasteiger partial charge >= 0.3 is 0 Å². The number of hydrogen-bond acceptors (Lipinski definition) is 3. The number of amides is 2. The van der Waals surface area contributed by atoms with Crippen LogP contribution in [0.5, 0.6) is 0 Å². The summed E-state index contributed by atoms with van der Waals surface area (Å²) in [5, 5.41) is 6.51. The van der Waals surface area contributed by atoms with Gasteiger partial charge in [-0.2, -0.15) is 0 Å². The van der Waals surface area contributed by atoms with E-state index in [9.17, 15) is 9.59 Å². The maximum absolute atomic E-state index is 13.0. The highest BCUT2D eigenvalue weighted by Crippen LogP contribution is 2.25. The molecule has 2 aliphatic rings. The van der Waals surface area contributed by atoms with Gasteiger partial charge in [-0.15, -0.1) is 0 Å². The van der Waals surface area contributed by atoms with E-state index in [1.807, 2.05) is 26.0 Å². The first-order valence-electron chi connectivity index (χ1n) is 9.95. The average molecular weight is 357 g/mol. The summed E-state index contributed by atoms with van der Waals surface area (Å²) in [6.07, 6.45) is 3.71. The van der Waals surface area contributed by atoms with Crippen LogP contribution in [0.1, 0.15) is 44.2 Å². The molecule has 142 valence electrons. The molecule has 2 amide bonds. The van der Waals surface area contributed by atoms with Gasteiger partial charge in [0.15, 0.2) is 0 Å². The van der Waals surface area contributed by atoms with Gasteiger partial charge in [-0.05, 0) is 49.4 Å². The molecule has 2 aliphatic heterocycles. The van der Waals surface area contributed by atoms with E-state index in [4.69, 9.17) is 0 Å². The van der Waals surface area contributed by atoms with Crippen molar-refractivity contribution < 1.29 is 9.59 Å². The lowest BCUT2D eigenvalue weighted by molar-refractivity contribution is -0.144. The molecule has 0 aromatic heterocycles. The third-order valence-corrected chi connectivity index (χ3v) is 5.83. The Balaban J connectivity index is 1.72. The topological polar surface area (TPSA) is 61.4 Å². The first-order valence-corrected chi connectivity index (χ1v) is 9.95. The highest BCUT2D eigenvalue weighted by molar-refractivity contribution is 5.89. The minimum absolute atomic E-state index is 0.0123. The normalized spacial score (nSPS) is 23.8. The lowest BCUT2D eigenvalue weighted by Crippen LogP contribution is -2.54. The van der Waals surface area contributed by atoms with E-state index in [1.54, 1.807) is 4.90 Å². The van der Waals surface area contributed by atoms with Crippen molar-refractivity contribution in [2.45, 2.75) is 52.1 Å². The number of nitrogens with zero attached hydrogens (tertiary/aromatic N) is 1. The number of benzene rings is 1. The quantitative estimate of drug-likeness (QED) is 0.848. The molecule has 0 radical (unpaired) electrons. The Morgan fingerprint density at radius 2 is 2.08 bits per heavy atom. The van der Waals surface area contributed by atoms with E-state index >= 15 is 0 Å². The SMILES string of the molecule is CCC(C)C(=O)N1Cc2ccccc2CC1C(=O)NCC1CCCNC1. The van der Waals surface area contributed by atoms with Gasteiger partial charge in [0.25, 0.3) is 0 Å². The molecule has 0 aliphatic carbocycles. The summed E-state index contributed by atoms with van der Waals surface area (Å²) in [4.78, 5) is 27.6. The van der Waals surface area contributed by atoms with Crippen LogP contribution in [0.15, 0.2) is 24.3 Å². The maximum Gasteiger partial charge on any atom is 0.243 e. The Kier molecular flexibility index (Phi) is 6.30. The summed E-state index contributed by atoms with van der Waals surface area (Å²) in [5.74, 6) is 0.503. The molecular weight excluding hydrogens is 326 g/mol. The van der Waals surface area contributed by atoms with E-state index in [2.05, 4.69) is 22.8 Å². The summed E-state index contributed by atoms with van der Waals surface area (Å²) < 4.78 is 0. The zero-order valence-electron chi connectivity index (χ0n) is 16.0. The fraction of sp³-hybridized carbons (Fsp3) is 0.619. The number of rotatable bonds is 5. The molecular formula is C21H31N3O2. The smallest absolute Gasteiger partial charge is 0.243 e. The van der Waals surface area contributed by atoms with Crippen molar-refractivity contribution in [2.24, 2.45) is 11.8 Å². The van der Waals surface area contributed by atoms with Crippen molar-refractivity contribution in [3.63, 3.8) is 0 Å². The van der Waals surface area contributed by atoms with E-state index < -0.39 is 6.04 Å². The molecule has 2 N–H and O–H groups in total. The summed E-state index contributed by atoms with van der Waals surface area (Å²) in [6, 6.07) is 7.75. The van der Waals surface area contributed by atoms with Crippen LogP contribution < -0.4 is 10.6 Å². The highest BCUT2D eigenvalue weighted by atomic mass is 16.2. The van der Waals surface area contributed by atoms with Crippen molar-refractivity contribution in [3.05, 3.63) is 35.4 Å². The van der Waals surface area contributed by atoms with Crippen LogP contribution in [0.3, 0.4) is 0 Å². The van der Waals surface area contributed by atoms with Crippen molar-refractivity contribution >= 4 is 11.8 Å². The fourth-order valence-electron chi connectivity index (χ4n) is 3.91. The van der Waals surface area contributed by atoms with Gasteiger partial charge in [0.2, 0.25) is 11.8 Å². The van der Waals surface area contributed by atoms with Gasteiger partial charge in [0, 0.05) is 25.4 Å². The molecule has 0 spiro atoms. The van der Waals surface area contributed by atoms with Crippen LogP contribution in [0.2, 0.25) is 0 Å². The standard InChI is InChI=1S/C21H31N3O2/c1-3-15(2)21(26)24-14-18-9-5-4-8-17(18)11-19(24)20(25)23-13-16-7-6-10-22-12-16/h4-5,8-9,15-16,19,22H,3,6-7,10-14H2,1-2H3,(H,23,25). The molecule has 0 saturated carbocycles. The maximum atomic E-state index is 13.0. The van der Waals surface area contributed by atoms with E-state index in [0.29, 0.717) is 25.4 Å². The van der Waals surface area contributed by atoms with Crippen molar-refractivity contribution in [2.75, 3.05) is 19.6 Å². The van der Waals surface area contributed by atoms with Crippen LogP contribution in [-0.4, -0.2) is 42.4 Å². The Morgan fingerprint density at radius 1 is 1.31 bits per heavy atom. The van der Waals surface area contributed by atoms with Gasteiger partial charge in [-0.3, -0.25) is 9.59 Å². The molecule has 5 nitrogen and oxygen atoms in total.